The van der Waals surface area contributed by atoms with E-state index in [1.165, 1.54) is 5.56 Å². The minimum atomic E-state index is -0.263. The van der Waals surface area contributed by atoms with Crippen LogP contribution >= 0.6 is 0 Å². The van der Waals surface area contributed by atoms with Crippen LogP contribution in [0.3, 0.4) is 0 Å². The number of carbonyl (C=O) groups is 1. The first kappa shape index (κ1) is 16.6. The van der Waals surface area contributed by atoms with Gasteiger partial charge in [-0.2, -0.15) is 0 Å². The zero-order valence-corrected chi connectivity index (χ0v) is 14.5. The average molecular weight is 332 g/mol. The zero-order valence-electron chi connectivity index (χ0n) is 14.5. The van der Waals surface area contributed by atoms with Crippen molar-refractivity contribution in [3.8, 4) is 0 Å². The summed E-state index contributed by atoms with van der Waals surface area (Å²) < 4.78 is 0. The molecule has 0 spiro atoms. The lowest BCUT2D eigenvalue weighted by Crippen LogP contribution is -2.15. The number of anilines is 3. The van der Waals surface area contributed by atoms with E-state index in [1.54, 1.807) is 12.3 Å². The van der Waals surface area contributed by atoms with Crippen LogP contribution in [0.4, 0.5) is 17.3 Å². The number of rotatable bonds is 4. The Balaban J connectivity index is 1.76. The van der Waals surface area contributed by atoms with Gasteiger partial charge in [0.1, 0.15) is 5.69 Å². The smallest absolute Gasteiger partial charge is 0.274 e. The van der Waals surface area contributed by atoms with Gasteiger partial charge in [0, 0.05) is 17.6 Å². The Morgan fingerprint density at radius 3 is 2.36 bits per heavy atom. The van der Waals surface area contributed by atoms with Gasteiger partial charge < -0.3 is 10.6 Å². The van der Waals surface area contributed by atoms with E-state index >= 15 is 0 Å². The fourth-order valence-corrected chi connectivity index (χ4v) is 2.45. The number of aromatic nitrogens is 2. The van der Waals surface area contributed by atoms with Gasteiger partial charge in [-0.05, 0) is 50.6 Å². The summed E-state index contributed by atoms with van der Waals surface area (Å²) in [6, 6.07) is 15.4. The molecule has 5 heteroatoms. The van der Waals surface area contributed by atoms with Gasteiger partial charge >= 0.3 is 0 Å². The number of aryl methyl sites for hydroxylation is 3. The number of nitrogens with one attached hydrogen (secondary N) is 2. The van der Waals surface area contributed by atoms with Crippen LogP contribution in [-0.2, 0) is 0 Å². The van der Waals surface area contributed by atoms with Crippen LogP contribution in [0.15, 0.2) is 54.7 Å². The molecule has 25 heavy (non-hydrogen) atoms. The molecule has 0 atom stereocenters. The third-order valence-electron chi connectivity index (χ3n) is 3.83. The highest BCUT2D eigenvalue weighted by Gasteiger charge is 2.11. The van der Waals surface area contributed by atoms with Crippen molar-refractivity contribution >= 4 is 23.2 Å². The van der Waals surface area contributed by atoms with Crippen molar-refractivity contribution in [2.45, 2.75) is 20.8 Å². The van der Waals surface area contributed by atoms with Crippen molar-refractivity contribution in [2.75, 3.05) is 10.6 Å². The number of nitrogens with zero attached hydrogens (tertiary/aromatic N) is 2. The maximum Gasteiger partial charge on any atom is 0.274 e. The van der Waals surface area contributed by atoms with E-state index < -0.39 is 0 Å². The molecule has 3 aromatic rings. The van der Waals surface area contributed by atoms with Gasteiger partial charge in [-0.25, -0.2) is 9.97 Å². The highest BCUT2D eigenvalue weighted by atomic mass is 16.1. The molecule has 1 amide bonds. The zero-order chi connectivity index (χ0) is 17.8. The Morgan fingerprint density at radius 2 is 1.64 bits per heavy atom. The van der Waals surface area contributed by atoms with Gasteiger partial charge in [-0.1, -0.05) is 35.4 Å². The van der Waals surface area contributed by atoms with Gasteiger partial charge in [0.2, 0.25) is 5.95 Å². The van der Waals surface area contributed by atoms with Crippen molar-refractivity contribution in [3.05, 3.63) is 77.1 Å². The number of hydrogen-bond donors (Lipinski definition) is 2. The predicted molar refractivity (Wildman–Crippen MR) is 100 cm³/mol. The van der Waals surface area contributed by atoms with Crippen LogP contribution in [0.5, 0.6) is 0 Å². The molecular weight excluding hydrogens is 312 g/mol. The summed E-state index contributed by atoms with van der Waals surface area (Å²) in [6.45, 7) is 6.01. The average Bonchev–Trinajstić information content (AvgIpc) is 2.60. The lowest BCUT2D eigenvalue weighted by Gasteiger charge is -2.10. The second-order valence-corrected chi connectivity index (χ2v) is 6.03. The van der Waals surface area contributed by atoms with Gasteiger partial charge in [-0.15, -0.1) is 0 Å². The molecule has 5 nitrogen and oxygen atoms in total. The Kier molecular flexibility index (Phi) is 4.75. The summed E-state index contributed by atoms with van der Waals surface area (Å²) in [6.07, 6.45) is 1.57. The van der Waals surface area contributed by atoms with E-state index in [-0.39, 0.29) is 5.91 Å². The fraction of sp³-hybridized carbons (Fsp3) is 0.150. The number of benzene rings is 2. The van der Waals surface area contributed by atoms with Crippen LogP contribution in [0.25, 0.3) is 0 Å². The lowest BCUT2D eigenvalue weighted by atomic mass is 10.1. The van der Waals surface area contributed by atoms with E-state index in [1.807, 2.05) is 63.2 Å². The molecule has 2 aromatic carbocycles. The largest absolute Gasteiger partial charge is 0.324 e. The SMILES string of the molecule is Cc1ccc(Nc2nccc(C(=O)Nc3ccc(C)cc3C)n2)cc1. The van der Waals surface area contributed by atoms with Crippen LogP contribution in [0.2, 0.25) is 0 Å². The third kappa shape index (κ3) is 4.20. The Labute approximate surface area is 147 Å². The number of amides is 1. The van der Waals surface area contributed by atoms with E-state index in [0.29, 0.717) is 11.6 Å². The van der Waals surface area contributed by atoms with Gasteiger partial charge in [0.05, 0.1) is 0 Å². The lowest BCUT2D eigenvalue weighted by molar-refractivity contribution is 0.102. The van der Waals surface area contributed by atoms with Crippen molar-refractivity contribution in [2.24, 2.45) is 0 Å². The molecule has 0 saturated heterocycles. The molecule has 0 fully saturated rings. The third-order valence-corrected chi connectivity index (χ3v) is 3.83. The topological polar surface area (TPSA) is 66.9 Å². The van der Waals surface area contributed by atoms with Crippen LogP contribution in [-0.4, -0.2) is 15.9 Å². The second kappa shape index (κ2) is 7.13. The molecule has 0 aliphatic rings. The standard InChI is InChI=1S/C20H20N4O/c1-13-4-7-16(8-5-13)22-20-21-11-10-18(24-20)19(25)23-17-9-6-14(2)12-15(17)3/h4-12H,1-3H3,(H,23,25)(H,21,22,24). The van der Waals surface area contributed by atoms with Crippen LogP contribution in [0, 0.1) is 20.8 Å². The molecule has 0 aliphatic carbocycles. The predicted octanol–water partition coefficient (Wildman–Crippen LogP) is 4.40. The van der Waals surface area contributed by atoms with E-state index in [2.05, 4.69) is 20.6 Å². The summed E-state index contributed by atoms with van der Waals surface area (Å²) in [5.74, 6) is 0.124. The monoisotopic (exact) mass is 332 g/mol. The molecule has 3 rings (SSSR count). The molecule has 0 radical (unpaired) electrons. The summed E-state index contributed by atoms with van der Waals surface area (Å²) in [4.78, 5) is 20.9. The maximum atomic E-state index is 12.5. The molecule has 0 aliphatic heterocycles. The summed E-state index contributed by atoms with van der Waals surface area (Å²) >= 11 is 0. The summed E-state index contributed by atoms with van der Waals surface area (Å²) in [7, 11) is 0. The fourth-order valence-electron chi connectivity index (χ4n) is 2.45. The molecule has 1 heterocycles. The first-order valence-corrected chi connectivity index (χ1v) is 8.06. The molecule has 1 aromatic heterocycles. The van der Waals surface area contributed by atoms with Gasteiger partial charge in [0.25, 0.3) is 5.91 Å². The van der Waals surface area contributed by atoms with Crippen molar-refractivity contribution in [3.63, 3.8) is 0 Å². The normalized spacial score (nSPS) is 10.4. The Bertz CT molecular complexity index is 904. The highest BCUT2D eigenvalue weighted by Crippen LogP contribution is 2.18. The van der Waals surface area contributed by atoms with Crippen molar-refractivity contribution in [1.82, 2.24) is 9.97 Å². The second-order valence-electron chi connectivity index (χ2n) is 6.03. The molecular formula is C20H20N4O. The van der Waals surface area contributed by atoms with Gasteiger partial charge in [0.15, 0.2) is 0 Å². The first-order chi connectivity index (χ1) is 12.0. The summed E-state index contributed by atoms with van der Waals surface area (Å²) in [5, 5.41) is 6.00. The molecule has 2 N–H and O–H groups in total. The van der Waals surface area contributed by atoms with Crippen LogP contribution < -0.4 is 10.6 Å². The molecule has 0 bridgehead atoms. The van der Waals surface area contributed by atoms with Crippen molar-refractivity contribution in [1.29, 1.82) is 0 Å². The number of carbonyl (C=O) groups excluding carboxylic acids is 1. The van der Waals surface area contributed by atoms with E-state index in [4.69, 9.17) is 0 Å². The first-order valence-electron chi connectivity index (χ1n) is 8.06. The van der Waals surface area contributed by atoms with Crippen LogP contribution in [0.1, 0.15) is 27.2 Å². The minimum absolute atomic E-state index is 0.263. The molecule has 126 valence electrons. The Morgan fingerprint density at radius 1 is 0.920 bits per heavy atom. The van der Waals surface area contributed by atoms with Crippen molar-refractivity contribution < 1.29 is 4.79 Å². The maximum absolute atomic E-state index is 12.5. The Hall–Kier alpha value is -3.21. The quantitative estimate of drug-likeness (QED) is 0.743. The van der Waals surface area contributed by atoms with E-state index in [0.717, 1.165) is 22.5 Å². The minimum Gasteiger partial charge on any atom is -0.324 e. The molecule has 0 unspecified atom stereocenters. The summed E-state index contributed by atoms with van der Waals surface area (Å²) in [5.41, 5.74) is 5.31. The van der Waals surface area contributed by atoms with Gasteiger partial charge in [-0.3, -0.25) is 4.79 Å². The van der Waals surface area contributed by atoms with E-state index in [9.17, 15) is 4.79 Å². The number of hydrogen-bond acceptors (Lipinski definition) is 4. The highest BCUT2D eigenvalue weighted by molar-refractivity contribution is 6.03. The molecule has 0 saturated carbocycles.